The van der Waals surface area contributed by atoms with Gasteiger partial charge in [-0.3, -0.25) is 9.59 Å². The van der Waals surface area contributed by atoms with E-state index in [1.165, 1.54) is 0 Å². The zero-order valence-corrected chi connectivity index (χ0v) is 17.1. The Morgan fingerprint density at radius 2 is 1.97 bits per heavy atom. The molecule has 0 aliphatic carbocycles. The van der Waals surface area contributed by atoms with Gasteiger partial charge in [0.25, 0.3) is 0 Å². The number of aromatic nitrogens is 1. The molecule has 1 aromatic heterocycles. The highest BCUT2D eigenvalue weighted by Crippen LogP contribution is 2.27. The van der Waals surface area contributed by atoms with Crippen molar-refractivity contribution in [3.63, 3.8) is 0 Å². The number of halogens is 1. The Labute approximate surface area is 178 Å². The molecule has 30 heavy (non-hydrogen) atoms. The molecule has 1 unspecified atom stereocenters. The summed E-state index contributed by atoms with van der Waals surface area (Å²) in [6, 6.07) is 16.2. The molecule has 1 atom stereocenters. The van der Waals surface area contributed by atoms with Gasteiger partial charge in [-0.05, 0) is 48.5 Å². The van der Waals surface area contributed by atoms with Gasteiger partial charge >= 0.3 is 0 Å². The predicted octanol–water partition coefficient (Wildman–Crippen LogP) is 3.67. The number of rotatable bonds is 6. The fraction of sp³-hybridized carbons (Fsp3) is 0.227. The Kier molecular flexibility index (Phi) is 5.72. The van der Waals surface area contributed by atoms with Gasteiger partial charge in [-0.2, -0.15) is 0 Å². The number of hydrogen-bond acceptors (Lipinski definition) is 5. The Morgan fingerprint density at radius 3 is 2.67 bits per heavy atom. The van der Waals surface area contributed by atoms with Crippen LogP contribution in [0.15, 0.2) is 59.1 Å². The molecule has 8 heteroatoms. The SMILES string of the molecule is COc1ccc(-c2cc(CNC(=O)C3CC(=O)N(c4ccc(Cl)cc4)C3)no2)cc1. The summed E-state index contributed by atoms with van der Waals surface area (Å²) in [5.74, 6) is 0.673. The minimum atomic E-state index is -0.416. The molecule has 0 radical (unpaired) electrons. The summed E-state index contributed by atoms with van der Waals surface area (Å²) >= 11 is 5.90. The third kappa shape index (κ3) is 4.31. The number of anilines is 1. The van der Waals surface area contributed by atoms with Crippen LogP contribution in [-0.4, -0.2) is 30.6 Å². The first-order chi connectivity index (χ1) is 14.5. The third-order valence-corrected chi connectivity index (χ3v) is 5.26. The Bertz CT molecular complexity index is 1050. The van der Waals surface area contributed by atoms with Crippen LogP contribution in [0.3, 0.4) is 0 Å². The van der Waals surface area contributed by atoms with E-state index in [1.807, 2.05) is 24.3 Å². The lowest BCUT2D eigenvalue weighted by atomic mass is 10.1. The van der Waals surface area contributed by atoms with Crippen LogP contribution in [0.1, 0.15) is 12.1 Å². The first-order valence-electron chi connectivity index (χ1n) is 9.47. The number of nitrogens with zero attached hydrogens (tertiary/aromatic N) is 2. The maximum atomic E-state index is 12.6. The lowest BCUT2D eigenvalue weighted by molar-refractivity contribution is -0.126. The minimum absolute atomic E-state index is 0.0827. The normalized spacial score (nSPS) is 16.0. The average Bonchev–Trinajstić information content (AvgIpc) is 3.40. The molecule has 154 valence electrons. The average molecular weight is 426 g/mol. The number of amides is 2. The van der Waals surface area contributed by atoms with Crippen LogP contribution in [0.5, 0.6) is 5.75 Å². The molecule has 1 aliphatic heterocycles. The number of benzene rings is 2. The van der Waals surface area contributed by atoms with Crippen LogP contribution in [0.4, 0.5) is 5.69 Å². The lowest BCUT2D eigenvalue weighted by Gasteiger charge is -2.16. The van der Waals surface area contributed by atoms with Crippen LogP contribution in [0.2, 0.25) is 5.02 Å². The Morgan fingerprint density at radius 1 is 1.23 bits per heavy atom. The fourth-order valence-electron chi connectivity index (χ4n) is 3.36. The van der Waals surface area contributed by atoms with E-state index in [1.54, 1.807) is 42.3 Å². The molecule has 0 spiro atoms. The molecule has 1 N–H and O–H groups in total. The molecule has 1 fully saturated rings. The highest BCUT2D eigenvalue weighted by molar-refractivity contribution is 6.30. The summed E-state index contributed by atoms with van der Waals surface area (Å²) in [6.07, 6.45) is 0.171. The minimum Gasteiger partial charge on any atom is -0.497 e. The van der Waals surface area contributed by atoms with Gasteiger partial charge in [0.05, 0.1) is 19.6 Å². The summed E-state index contributed by atoms with van der Waals surface area (Å²) in [7, 11) is 1.61. The largest absolute Gasteiger partial charge is 0.497 e. The fourth-order valence-corrected chi connectivity index (χ4v) is 3.49. The molecule has 2 amide bonds. The lowest BCUT2D eigenvalue weighted by Crippen LogP contribution is -2.32. The summed E-state index contributed by atoms with van der Waals surface area (Å²) in [4.78, 5) is 26.5. The van der Waals surface area contributed by atoms with Gasteiger partial charge in [0.1, 0.15) is 11.4 Å². The van der Waals surface area contributed by atoms with Crippen LogP contribution in [0.25, 0.3) is 11.3 Å². The van der Waals surface area contributed by atoms with E-state index in [-0.39, 0.29) is 24.8 Å². The summed E-state index contributed by atoms with van der Waals surface area (Å²) in [5, 5.41) is 7.45. The highest BCUT2D eigenvalue weighted by Gasteiger charge is 2.35. The quantitative estimate of drug-likeness (QED) is 0.651. The summed E-state index contributed by atoms with van der Waals surface area (Å²) < 4.78 is 10.5. The number of methoxy groups -OCH3 is 1. The molecular formula is C22H20ClN3O4. The molecule has 4 rings (SSSR count). The molecule has 3 aromatic rings. The second kappa shape index (κ2) is 8.59. The summed E-state index contributed by atoms with van der Waals surface area (Å²) in [6.45, 7) is 0.562. The van der Waals surface area contributed by atoms with Crippen molar-refractivity contribution in [1.82, 2.24) is 10.5 Å². The van der Waals surface area contributed by atoms with Crippen LogP contribution < -0.4 is 15.0 Å². The van der Waals surface area contributed by atoms with Crippen molar-refractivity contribution >= 4 is 29.1 Å². The van der Waals surface area contributed by atoms with Crippen molar-refractivity contribution in [2.75, 3.05) is 18.6 Å². The summed E-state index contributed by atoms with van der Waals surface area (Å²) in [5.41, 5.74) is 2.20. The highest BCUT2D eigenvalue weighted by atomic mass is 35.5. The number of carbonyl (C=O) groups is 2. The molecule has 2 aromatic carbocycles. The van der Waals surface area contributed by atoms with E-state index < -0.39 is 5.92 Å². The van der Waals surface area contributed by atoms with Crippen LogP contribution in [-0.2, 0) is 16.1 Å². The van der Waals surface area contributed by atoms with Gasteiger partial charge in [-0.15, -0.1) is 0 Å². The zero-order valence-electron chi connectivity index (χ0n) is 16.3. The number of nitrogens with one attached hydrogen (secondary N) is 1. The van der Waals surface area contributed by atoms with Crippen molar-refractivity contribution in [1.29, 1.82) is 0 Å². The van der Waals surface area contributed by atoms with Gasteiger partial charge in [0.2, 0.25) is 11.8 Å². The van der Waals surface area contributed by atoms with E-state index >= 15 is 0 Å². The van der Waals surface area contributed by atoms with Crippen molar-refractivity contribution < 1.29 is 18.8 Å². The van der Waals surface area contributed by atoms with E-state index in [0.717, 1.165) is 17.0 Å². The van der Waals surface area contributed by atoms with Gasteiger partial charge in [-0.25, -0.2) is 0 Å². The molecule has 0 bridgehead atoms. The first-order valence-corrected chi connectivity index (χ1v) is 9.85. The molecule has 0 saturated carbocycles. The molecule has 7 nitrogen and oxygen atoms in total. The van der Waals surface area contributed by atoms with Gasteiger partial charge in [0, 0.05) is 35.3 Å². The second-order valence-electron chi connectivity index (χ2n) is 7.01. The Hall–Kier alpha value is -3.32. The first kappa shape index (κ1) is 20.0. The monoisotopic (exact) mass is 425 g/mol. The molecule has 1 aliphatic rings. The van der Waals surface area contributed by atoms with E-state index in [2.05, 4.69) is 10.5 Å². The van der Waals surface area contributed by atoms with Crippen LogP contribution >= 0.6 is 11.6 Å². The smallest absolute Gasteiger partial charge is 0.227 e. The van der Waals surface area contributed by atoms with Crippen LogP contribution in [0, 0.1) is 5.92 Å². The zero-order chi connectivity index (χ0) is 21.1. The molecular weight excluding hydrogens is 406 g/mol. The van der Waals surface area contributed by atoms with E-state index in [9.17, 15) is 9.59 Å². The number of carbonyl (C=O) groups excluding carboxylic acids is 2. The number of ether oxygens (including phenoxy) is 1. The van der Waals surface area contributed by atoms with Gasteiger partial charge < -0.3 is 19.5 Å². The van der Waals surface area contributed by atoms with E-state index in [4.69, 9.17) is 20.9 Å². The maximum absolute atomic E-state index is 12.6. The number of hydrogen-bond donors (Lipinski definition) is 1. The van der Waals surface area contributed by atoms with Crippen molar-refractivity contribution in [3.05, 3.63) is 65.3 Å². The van der Waals surface area contributed by atoms with Crippen molar-refractivity contribution in [2.45, 2.75) is 13.0 Å². The van der Waals surface area contributed by atoms with Gasteiger partial charge in [-0.1, -0.05) is 16.8 Å². The van der Waals surface area contributed by atoms with Gasteiger partial charge in [0.15, 0.2) is 5.76 Å². The topological polar surface area (TPSA) is 84.7 Å². The van der Waals surface area contributed by atoms with E-state index in [0.29, 0.717) is 23.0 Å². The molecule has 1 saturated heterocycles. The Balaban J connectivity index is 1.34. The standard InChI is InChI=1S/C22H20ClN3O4/c1-29-19-8-2-14(3-9-19)20-11-17(25-30-20)12-24-22(28)15-10-21(27)26(13-15)18-6-4-16(23)5-7-18/h2-9,11,15H,10,12-13H2,1H3,(H,24,28). The third-order valence-electron chi connectivity index (χ3n) is 5.01. The maximum Gasteiger partial charge on any atom is 0.227 e. The predicted molar refractivity (Wildman–Crippen MR) is 112 cm³/mol. The molecule has 2 heterocycles. The van der Waals surface area contributed by atoms with Crippen molar-refractivity contribution in [2.24, 2.45) is 5.92 Å². The van der Waals surface area contributed by atoms with Crippen molar-refractivity contribution in [3.8, 4) is 17.1 Å². The second-order valence-corrected chi connectivity index (χ2v) is 7.45.